The Labute approximate surface area is 114 Å². The third-order valence-electron chi connectivity index (χ3n) is 2.55. The van der Waals surface area contributed by atoms with Crippen molar-refractivity contribution in [2.24, 2.45) is 0 Å². The molecule has 2 aromatic rings. The molecule has 0 saturated heterocycles. The summed E-state index contributed by atoms with van der Waals surface area (Å²) < 4.78 is 3.00. The highest BCUT2D eigenvalue weighted by Gasteiger charge is 2.11. The first kappa shape index (κ1) is 12.3. The van der Waals surface area contributed by atoms with Crippen LogP contribution in [0.25, 0.3) is 5.69 Å². The van der Waals surface area contributed by atoms with Crippen LogP contribution in [0.15, 0.2) is 18.2 Å². The van der Waals surface area contributed by atoms with Gasteiger partial charge in [0.05, 0.1) is 5.69 Å². The van der Waals surface area contributed by atoms with E-state index in [2.05, 4.69) is 46.5 Å². The molecule has 1 aromatic carbocycles. The molecule has 0 spiro atoms. The number of halogens is 1. The van der Waals surface area contributed by atoms with Crippen LogP contribution in [0.1, 0.15) is 25.5 Å². The zero-order valence-electron chi connectivity index (χ0n) is 9.94. The highest BCUT2D eigenvalue weighted by Crippen LogP contribution is 2.20. The van der Waals surface area contributed by atoms with Crippen LogP contribution in [0, 0.1) is 3.57 Å². The fourth-order valence-electron chi connectivity index (χ4n) is 1.66. The third kappa shape index (κ3) is 2.43. The number of rotatable bonds is 3. The SMILES string of the molecule is CCc1nc(CC)n(-c2ccc(N)cc2I)n1. The zero-order valence-corrected chi connectivity index (χ0v) is 12.1. The molecule has 4 nitrogen and oxygen atoms in total. The van der Waals surface area contributed by atoms with E-state index in [9.17, 15) is 0 Å². The van der Waals surface area contributed by atoms with Crippen molar-refractivity contribution >= 4 is 28.3 Å². The second-order valence-electron chi connectivity index (χ2n) is 3.77. The summed E-state index contributed by atoms with van der Waals surface area (Å²) in [6, 6.07) is 5.83. The smallest absolute Gasteiger partial charge is 0.151 e. The van der Waals surface area contributed by atoms with Crippen molar-refractivity contribution in [1.82, 2.24) is 14.8 Å². The van der Waals surface area contributed by atoms with Gasteiger partial charge in [0, 0.05) is 22.1 Å². The zero-order chi connectivity index (χ0) is 12.4. The molecule has 1 aromatic heterocycles. The molecular weight excluding hydrogens is 327 g/mol. The van der Waals surface area contributed by atoms with Crippen LogP contribution in [0.5, 0.6) is 0 Å². The Balaban J connectivity index is 2.55. The van der Waals surface area contributed by atoms with Crippen LogP contribution in [-0.4, -0.2) is 14.8 Å². The fraction of sp³-hybridized carbons (Fsp3) is 0.333. The Hall–Kier alpha value is -1.11. The number of hydrogen-bond donors (Lipinski definition) is 1. The summed E-state index contributed by atoms with van der Waals surface area (Å²) in [4.78, 5) is 4.50. The molecule has 17 heavy (non-hydrogen) atoms. The van der Waals surface area contributed by atoms with E-state index in [0.29, 0.717) is 0 Å². The van der Waals surface area contributed by atoms with Gasteiger partial charge in [-0.2, -0.15) is 5.10 Å². The van der Waals surface area contributed by atoms with E-state index in [1.165, 1.54) is 0 Å². The molecule has 0 bridgehead atoms. The van der Waals surface area contributed by atoms with E-state index in [-0.39, 0.29) is 0 Å². The molecular formula is C12H15IN4. The standard InChI is InChI=1S/C12H15IN4/c1-3-11-15-12(4-2)17(16-11)10-6-5-8(14)7-9(10)13/h5-7H,3-4,14H2,1-2H3. The van der Waals surface area contributed by atoms with Crippen molar-refractivity contribution in [2.45, 2.75) is 26.7 Å². The quantitative estimate of drug-likeness (QED) is 0.689. The van der Waals surface area contributed by atoms with Crippen molar-refractivity contribution in [1.29, 1.82) is 0 Å². The summed E-state index contributed by atoms with van der Waals surface area (Å²) in [5.41, 5.74) is 7.57. The van der Waals surface area contributed by atoms with Gasteiger partial charge < -0.3 is 5.73 Å². The largest absolute Gasteiger partial charge is 0.399 e. The van der Waals surface area contributed by atoms with Gasteiger partial charge in [0.2, 0.25) is 0 Å². The number of nitrogens with two attached hydrogens (primary N) is 1. The predicted molar refractivity (Wildman–Crippen MR) is 77.2 cm³/mol. The molecule has 0 fully saturated rings. The van der Waals surface area contributed by atoms with E-state index in [1.54, 1.807) is 0 Å². The number of hydrogen-bond acceptors (Lipinski definition) is 3. The lowest BCUT2D eigenvalue weighted by Gasteiger charge is -2.07. The van der Waals surface area contributed by atoms with Gasteiger partial charge in [-0.25, -0.2) is 9.67 Å². The van der Waals surface area contributed by atoms with Gasteiger partial charge >= 0.3 is 0 Å². The highest BCUT2D eigenvalue weighted by molar-refractivity contribution is 14.1. The topological polar surface area (TPSA) is 56.7 Å². The molecule has 0 radical (unpaired) electrons. The van der Waals surface area contributed by atoms with Crippen LogP contribution in [0.4, 0.5) is 5.69 Å². The first-order chi connectivity index (χ1) is 8.15. The van der Waals surface area contributed by atoms with Gasteiger partial charge in [-0.1, -0.05) is 13.8 Å². The van der Waals surface area contributed by atoms with E-state index in [1.807, 2.05) is 22.9 Å². The Morgan fingerprint density at radius 2 is 2.06 bits per heavy atom. The lowest BCUT2D eigenvalue weighted by Crippen LogP contribution is -2.04. The number of aromatic nitrogens is 3. The molecule has 2 rings (SSSR count). The summed E-state index contributed by atoms with van der Waals surface area (Å²) in [5.74, 6) is 1.87. The van der Waals surface area contributed by atoms with Crippen LogP contribution < -0.4 is 5.73 Å². The second kappa shape index (κ2) is 5.03. The van der Waals surface area contributed by atoms with Crippen LogP contribution >= 0.6 is 22.6 Å². The van der Waals surface area contributed by atoms with E-state index in [0.717, 1.165) is 39.4 Å². The van der Waals surface area contributed by atoms with E-state index < -0.39 is 0 Å². The fourth-order valence-corrected chi connectivity index (χ4v) is 2.43. The van der Waals surface area contributed by atoms with Crippen LogP contribution in [-0.2, 0) is 12.8 Å². The molecule has 5 heteroatoms. The van der Waals surface area contributed by atoms with Crippen molar-refractivity contribution in [2.75, 3.05) is 5.73 Å². The number of aryl methyl sites for hydroxylation is 2. The lowest BCUT2D eigenvalue weighted by molar-refractivity contribution is 0.788. The molecule has 0 aliphatic rings. The minimum Gasteiger partial charge on any atom is -0.399 e. The summed E-state index contributed by atoms with van der Waals surface area (Å²) in [6.07, 6.45) is 1.72. The predicted octanol–water partition coefficient (Wildman–Crippen LogP) is 2.58. The lowest BCUT2D eigenvalue weighted by atomic mass is 10.3. The molecule has 0 amide bonds. The summed E-state index contributed by atoms with van der Waals surface area (Å²) in [7, 11) is 0. The molecule has 90 valence electrons. The Morgan fingerprint density at radius 3 is 2.65 bits per heavy atom. The van der Waals surface area contributed by atoms with Gasteiger partial charge in [-0.05, 0) is 40.8 Å². The molecule has 0 aliphatic carbocycles. The van der Waals surface area contributed by atoms with Crippen LogP contribution in [0.3, 0.4) is 0 Å². The van der Waals surface area contributed by atoms with Crippen molar-refractivity contribution in [3.63, 3.8) is 0 Å². The maximum absolute atomic E-state index is 5.76. The Bertz CT molecular complexity index is 533. The van der Waals surface area contributed by atoms with Gasteiger partial charge in [0.15, 0.2) is 5.82 Å². The summed E-state index contributed by atoms with van der Waals surface area (Å²) in [5, 5.41) is 4.52. The molecule has 0 unspecified atom stereocenters. The first-order valence-electron chi connectivity index (χ1n) is 5.66. The van der Waals surface area contributed by atoms with Crippen molar-refractivity contribution in [3.8, 4) is 5.69 Å². The Morgan fingerprint density at radius 1 is 1.29 bits per heavy atom. The second-order valence-corrected chi connectivity index (χ2v) is 4.94. The number of anilines is 1. The minimum absolute atomic E-state index is 0.770. The highest BCUT2D eigenvalue weighted by atomic mass is 127. The molecule has 0 saturated carbocycles. The number of nitrogen functional groups attached to an aromatic ring is 1. The van der Waals surface area contributed by atoms with Crippen molar-refractivity contribution in [3.05, 3.63) is 33.4 Å². The van der Waals surface area contributed by atoms with Gasteiger partial charge in [0.25, 0.3) is 0 Å². The molecule has 2 N–H and O–H groups in total. The van der Waals surface area contributed by atoms with Gasteiger partial charge in [0.1, 0.15) is 5.82 Å². The average Bonchev–Trinajstić information content (AvgIpc) is 2.72. The molecule has 0 atom stereocenters. The van der Waals surface area contributed by atoms with E-state index in [4.69, 9.17) is 5.73 Å². The summed E-state index contributed by atoms with van der Waals surface area (Å²) >= 11 is 2.28. The first-order valence-corrected chi connectivity index (χ1v) is 6.73. The maximum Gasteiger partial charge on any atom is 0.151 e. The maximum atomic E-state index is 5.76. The van der Waals surface area contributed by atoms with Crippen molar-refractivity contribution < 1.29 is 0 Å². The number of benzene rings is 1. The van der Waals surface area contributed by atoms with Crippen LogP contribution in [0.2, 0.25) is 0 Å². The van der Waals surface area contributed by atoms with Gasteiger partial charge in [-0.15, -0.1) is 0 Å². The average molecular weight is 342 g/mol. The number of nitrogens with zero attached hydrogens (tertiary/aromatic N) is 3. The molecule has 1 heterocycles. The monoisotopic (exact) mass is 342 g/mol. The Kier molecular flexibility index (Phi) is 3.66. The minimum atomic E-state index is 0.770. The normalized spacial score (nSPS) is 10.8. The third-order valence-corrected chi connectivity index (χ3v) is 3.41. The van der Waals surface area contributed by atoms with Gasteiger partial charge in [-0.3, -0.25) is 0 Å². The summed E-state index contributed by atoms with van der Waals surface area (Å²) in [6.45, 7) is 4.15. The molecule has 0 aliphatic heterocycles. The van der Waals surface area contributed by atoms with E-state index >= 15 is 0 Å².